The van der Waals surface area contributed by atoms with Crippen molar-refractivity contribution in [2.45, 2.75) is 45.1 Å². The van der Waals surface area contributed by atoms with E-state index in [4.69, 9.17) is 5.11 Å². The molecule has 2 rings (SSSR count). The Bertz CT molecular complexity index is 518. The summed E-state index contributed by atoms with van der Waals surface area (Å²) in [5.74, 6) is -0.689. The van der Waals surface area contributed by atoms with Crippen LogP contribution in [0.3, 0.4) is 0 Å². The Balaban J connectivity index is 2.66. The van der Waals surface area contributed by atoms with Crippen molar-refractivity contribution >= 4 is 5.97 Å². The van der Waals surface area contributed by atoms with Gasteiger partial charge in [-0.25, -0.2) is 4.79 Å². The standard InChI is InChI=1S/C13H17NO3/c1-13(2,3)14-10(8-4-5-8)6-9(12(16)17)7-11(14)15/h6-8H,4-5H2,1-3H3,(H,16,17). The first-order valence-electron chi connectivity index (χ1n) is 5.81. The van der Waals surface area contributed by atoms with Gasteiger partial charge >= 0.3 is 5.97 Å². The molecule has 17 heavy (non-hydrogen) atoms. The van der Waals surface area contributed by atoms with Crippen molar-refractivity contribution in [1.29, 1.82) is 0 Å². The summed E-state index contributed by atoms with van der Waals surface area (Å²) < 4.78 is 1.72. The van der Waals surface area contributed by atoms with E-state index in [0.29, 0.717) is 5.92 Å². The molecule has 4 nitrogen and oxygen atoms in total. The first-order chi connectivity index (χ1) is 7.80. The van der Waals surface area contributed by atoms with Crippen molar-refractivity contribution in [2.75, 3.05) is 0 Å². The van der Waals surface area contributed by atoms with Crippen LogP contribution in [0.25, 0.3) is 0 Å². The number of nitrogens with zero attached hydrogens (tertiary/aromatic N) is 1. The predicted octanol–water partition coefficient (Wildman–Crippen LogP) is 2.18. The van der Waals surface area contributed by atoms with Crippen molar-refractivity contribution in [3.63, 3.8) is 0 Å². The predicted molar refractivity (Wildman–Crippen MR) is 64.6 cm³/mol. The van der Waals surface area contributed by atoms with E-state index < -0.39 is 5.97 Å². The lowest BCUT2D eigenvalue weighted by atomic mass is 10.0. The minimum absolute atomic E-state index is 0.0948. The highest BCUT2D eigenvalue weighted by Gasteiger charge is 2.31. The smallest absolute Gasteiger partial charge is 0.335 e. The quantitative estimate of drug-likeness (QED) is 0.854. The van der Waals surface area contributed by atoms with E-state index in [2.05, 4.69) is 0 Å². The fraction of sp³-hybridized carbons (Fsp3) is 0.538. The van der Waals surface area contributed by atoms with Crippen LogP contribution in [-0.4, -0.2) is 15.6 Å². The number of carbonyl (C=O) groups is 1. The van der Waals surface area contributed by atoms with Crippen molar-refractivity contribution in [1.82, 2.24) is 4.57 Å². The van der Waals surface area contributed by atoms with Crippen LogP contribution in [0, 0.1) is 0 Å². The summed E-state index contributed by atoms with van der Waals surface area (Å²) in [6.45, 7) is 5.88. The maximum atomic E-state index is 12.0. The number of hydrogen-bond donors (Lipinski definition) is 1. The highest BCUT2D eigenvalue weighted by Crippen LogP contribution is 2.41. The van der Waals surface area contributed by atoms with E-state index >= 15 is 0 Å². The van der Waals surface area contributed by atoms with Crippen LogP contribution in [0.4, 0.5) is 0 Å². The normalized spacial score (nSPS) is 15.9. The molecule has 1 fully saturated rings. The molecule has 0 aromatic carbocycles. The third kappa shape index (κ3) is 2.25. The van der Waals surface area contributed by atoms with Crippen molar-refractivity contribution in [3.8, 4) is 0 Å². The molecule has 1 N–H and O–H groups in total. The highest BCUT2D eigenvalue weighted by atomic mass is 16.4. The zero-order valence-electron chi connectivity index (χ0n) is 10.4. The van der Waals surface area contributed by atoms with Crippen LogP contribution in [-0.2, 0) is 5.54 Å². The van der Waals surface area contributed by atoms with E-state index in [1.54, 1.807) is 10.6 Å². The topological polar surface area (TPSA) is 59.3 Å². The second-order valence-electron chi connectivity index (χ2n) is 5.59. The lowest BCUT2D eigenvalue weighted by Gasteiger charge is -2.26. The van der Waals surface area contributed by atoms with Gasteiger partial charge in [0.15, 0.2) is 0 Å². The summed E-state index contributed by atoms with van der Waals surface area (Å²) in [6.07, 6.45) is 2.08. The van der Waals surface area contributed by atoms with Gasteiger partial charge in [0.2, 0.25) is 0 Å². The number of carboxylic acids is 1. The average Bonchev–Trinajstić information content (AvgIpc) is 2.96. The van der Waals surface area contributed by atoms with Crippen molar-refractivity contribution in [3.05, 3.63) is 33.7 Å². The van der Waals surface area contributed by atoms with Gasteiger partial charge in [-0.1, -0.05) is 0 Å². The average molecular weight is 235 g/mol. The first-order valence-corrected chi connectivity index (χ1v) is 5.81. The number of aromatic carboxylic acids is 1. The van der Waals surface area contributed by atoms with E-state index in [1.807, 2.05) is 20.8 Å². The molecule has 0 amide bonds. The summed E-state index contributed by atoms with van der Waals surface area (Å²) in [5, 5.41) is 8.98. The third-order valence-electron chi connectivity index (χ3n) is 2.97. The van der Waals surface area contributed by atoms with Gasteiger partial charge in [0.05, 0.1) is 5.56 Å². The molecule has 0 saturated heterocycles. The molecule has 4 heteroatoms. The van der Waals surface area contributed by atoms with E-state index in [1.165, 1.54) is 6.07 Å². The minimum atomic E-state index is -1.04. The van der Waals surface area contributed by atoms with Crippen LogP contribution in [0.5, 0.6) is 0 Å². The van der Waals surface area contributed by atoms with Crippen LogP contribution in [0.1, 0.15) is 55.6 Å². The summed E-state index contributed by atoms with van der Waals surface area (Å²) >= 11 is 0. The maximum absolute atomic E-state index is 12.0. The van der Waals surface area contributed by atoms with Gasteiger partial charge in [-0.05, 0) is 45.6 Å². The van der Waals surface area contributed by atoms with Gasteiger partial charge in [0.1, 0.15) is 0 Å². The molecule has 0 bridgehead atoms. The second-order valence-corrected chi connectivity index (χ2v) is 5.59. The van der Waals surface area contributed by atoms with Gasteiger partial charge in [-0.2, -0.15) is 0 Å². The summed E-state index contributed by atoms with van der Waals surface area (Å²) in [7, 11) is 0. The van der Waals surface area contributed by atoms with Gasteiger partial charge < -0.3 is 9.67 Å². The molecule has 1 aliphatic rings. The summed E-state index contributed by atoms with van der Waals surface area (Å²) in [5.41, 5.74) is 0.422. The van der Waals surface area contributed by atoms with Crippen LogP contribution >= 0.6 is 0 Å². The Morgan fingerprint density at radius 3 is 2.35 bits per heavy atom. The Hall–Kier alpha value is -1.58. The van der Waals surface area contributed by atoms with E-state index in [9.17, 15) is 9.59 Å². The van der Waals surface area contributed by atoms with Crippen molar-refractivity contribution < 1.29 is 9.90 Å². The van der Waals surface area contributed by atoms with Gasteiger partial charge in [-0.15, -0.1) is 0 Å². The summed E-state index contributed by atoms with van der Waals surface area (Å²) in [6, 6.07) is 2.85. The lowest BCUT2D eigenvalue weighted by molar-refractivity contribution is 0.0696. The molecule has 0 radical (unpaired) electrons. The van der Waals surface area contributed by atoms with Crippen LogP contribution in [0.2, 0.25) is 0 Å². The Morgan fingerprint density at radius 1 is 1.35 bits per heavy atom. The largest absolute Gasteiger partial charge is 0.478 e. The Kier molecular flexibility index (Phi) is 2.60. The van der Waals surface area contributed by atoms with Crippen molar-refractivity contribution in [2.24, 2.45) is 0 Å². The molecule has 1 aliphatic carbocycles. The minimum Gasteiger partial charge on any atom is -0.478 e. The van der Waals surface area contributed by atoms with E-state index in [0.717, 1.165) is 18.5 Å². The number of hydrogen-bond acceptors (Lipinski definition) is 2. The molecular weight excluding hydrogens is 218 g/mol. The SMILES string of the molecule is CC(C)(C)n1c(C2CC2)cc(C(=O)O)cc1=O. The summed E-state index contributed by atoms with van der Waals surface area (Å²) in [4.78, 5) is 23.0. The fourth-order valence-electron chi connectivity index (χ4n) is 2.11. The molecule has 0 unspecified atom stereocenters. The molecule has 0 aliphatic heterocycles. The fourth-order valence-corrected chi connectivity index (χ4v) is 2.11. The number of aromatic nitrogens is 1. The first kappa shape index (κ1) is 11.9. The monoisotopic (exact) mass is 235 g/mol. The zero-order chi connectivity index (χ0) is 12.8. The lowest BCUT2D eigenvalue weighted by Crippen LogP contribution is -2.36. The maximum Gasteiger partial charge on any atom is 0.335 e. The molecule has 1 aromatic heterocycles. The number of pyridine rings is 1. The molecule has 1 aromatic rings. The van der Waals surface area contributed by atoms with Gasteiger partial charge in [-0.3, -0.25) is 4.79 Å². The molecule has 1 heterocycles. The molecule has 0 spiro atoms. The molecule has 0 atom stereocenters. The van der Waals surface area contributed by atoms with Crippen LogP contribution < -0.4 is 5.56 Å². The van der Waals surface area contributed by atoms with Gasteiger partial charge in [0.25, 0.3) is 5.56 Å². The molecular formula is C13H17NO3. The Labute approximate surface area is 99.9 Å². The Morgan fingerprint density at radius 2 is 1.94 bits per heavy atom. The highest BCUT2D eigenvalue weighted by molar-refractivity contribution is 5.87. The molecule has 1 saturated carbocycles. The second kappa shape index (κ2) is 3.72. The zero-order valence-corrected chi connectivity index (χ0v) is 10.4. The number of rotatable bonds is 2. The van der Waals surface area contributed by atoms with E-state index in [-0.39, 0.29) is 16.7 Å². The molecule has 92 valence electrons. The third-order valence-corrected chi connectivity index (χ3v) is 2.97. The van der Waals surface area contributed by atoms with Gasteiger partial charge in [0, 0.05) is 17.3 Å². The number of carboxylic acid groups (broad SMARTS) is 1. The van der Waals surface area contributed by atoms with Crippen LogP contribution in [0.15, 0.2) is 16.9 Å².